The third-order valence-corrected chi connectivity index (χ3v) is 5.09. The second kappa shape index (κ2) is 9.00. The predicted molar refractivity (Wildman–Crippen MR) is 111 cm³/mol. The van der Waals surface area contributed by atoms with Crippen LogP contribution in [0, 0.1) is 0 Å². The number of fused-ring (bicyclic) bond motifs is 1. The largest absolute Gasteiger partial charge is 0.379 e. The van der Waals surface area contributed by atoms with Gasteiger partial charge in [0.05, 0.1) is 24.2 Å². The smallest absolute Gasteiger partial charge is 0.267 e. The van der Waals surface area contributed by atoms with Crippen LogP contribution in [0.25, 0.3) is 28.5 Å². The molecule has 1 amide bonds. The van der Waals surface area contributed by atoms with E-state index in [1.54, 1.807) is 11.6 Å². The van der Waals surface area contributed by atoms with E-state index in [0.29, 0.717) is 0 Å². The maximum atomic E-state index is 11.2. The molecule has 1 aliphatic rings. The van der Waals surface area contributed by atoms with Gasteiger partial charge in [0.15, 0.2) is 0 Å². The number of imidazole rings is 1. The van der Waals surface area contributed by atoms with Gasteiger partial charge in [0.2, 0.25) is 0 Å². The number of benzene rings is 2. The first-order chi connectivity index (χ1) is 14.2. The highest BCUT2D eigenvalue weighted by molar-refractivity contribution is 5.91. The number of nitrogens with zero attached hydrogens (tertiary/aromatic N) is 3. The van der Waals surface area contributed by atoms with Gasteiger partial charge in [-0.2, -0.15) is 0 Å². The lowest BCUT2D eigenvalue weighted by atomic mass is 10.2. The van der Waals surface area contributed by atoms with Gasteiger partial charge in [-0.25, -0.2) is 10.5 Å². The monoisotopic (exact) mass is 392 g/mol. The van der Waals surface area contributed by atoms with Crippen LogP contribution in [0.1, 0.15) is 5.56 Å². The van der Waals surface area contributed by atoms with Crippen molar-refractivity contribution in [2.24, 2.45) is 0 Å². The van der Waals surface area contributed by atoms with Crippen molar-refractivity contribution in [1.29, 1.82) is 0 Å². The molecule has 1 fully saturated rings. The Balaban J connectivity index is 1.68. The molecule has 0 radical (unpaired) electrons. The molecule has 0 unspecified atom stereocenters. The van der Waals surface area contributed by atoms with Crippen molar-refractivity contribution >= 4 is 23.0 Å². The first-order valence-corrected chi connectivity index (χ1v) is 9.72. The molecule has 0 bridgehead atoms. The number of aromatic nitrogens is 2. The predicted octanol–water partition coefficient (Wildman–Crippen LogP) is 2.55. The van der Waals surface area contributed by atoms with Crippen LogP contribution in [0.4, 0.5) is 0 Å². The summed E-state index contributed by atoms with van der Waals surface area (Å²) in [5.41, 5.74) is 5.44. The standard InChI is InChI=1S/C22H24N4O3/c27-21(24-28)9-7-17-6-8-20-19(16-17)23-22(18-4-2-1-3-5-18)26(20)11-10-25-12-14-29-15-13-25/h1-9,16,28H,10-15H2,(H,24,27). The van der Waals surface area contributed by atoms with Gasteiger partial charge in [0, 0.05) is 37.8 Å². The Morgan fingerprint density at radius 1 is 1.14 bits per heavy atom. The molecule has 1 saturated heterocycles. The van der Waals surface area contributed by atoms with Crippen LogP contribution in [0.2, 0.25) is 0 Å². The van der Waals surface area contributed by atoms with Gasteiger partial charge in [-0.15, -0.1) is 0 Å². The zero-order valence-electron chi connectivity index (χ0n) is 16.1. The zero-order valence-corrected chi connectivity index (χ0v) is 16.1. The highest BCUT2D eigenvalue weighted by Crippen LogP contribution is 2.26. The van der Waals surface area contributed by atoms with E-state index in [0.717, 1.165) is 67.4 Å². The molecule has 0 aliphatic carbocycles. The lowest BCUT2D eigenvalue weighted by Crippen LogP contribution is -2.38. The van der Waals surface area contributed by atoms with E-state index in [1.807, 2.05) is 36.4 Å². The van der Waals surface area contributed by atoms with Gasteiger partial charge in [-0.05, 0) is 23.8 Å². The summed E-state index contributed by atoms with van der Waals surface area (Å²) in [6.45, 7) is 5.25. The van der Waals surface area contributed by atoms with E-state index in [2.05, 4.69) is 21.6 Å². The van der Waals surface area contributed by atoms with Crippen LogP contribution in [-0.2, 0) is 16.1 Å². The van der Waals surface area contributed by atoms with Crippen LogP contribution in [0.15, 0.2) is 54.6 Å². The summed E-state index contributed by atoms with van der Waals surface area (Å²) < 4.78 is 7.71. The van der Waals surface area contributed by atoms with Crippen LogP contribution >= 0.6 is 0 Å². The molecule has 7 nitrogen and oxygen atoms in total. The van der Waals surface area contributed by atoms with E-state index in [9.17, 15) is 4.79 Å². The minimum absolute atomic E-state index is 0.564. The third-order valence-electron chi connectivity index (χ3n) is 5.09. The van der Waals surface area contributed by atoms with Crippen molar-refractivity contribution in [1.82, 2.24) is 19.9 Å². The Morgan fingerprint density at radius 2 is 1.93 bits per heavy atom. The maximum Gasteiger partial charge on any atom is 0.267 e. The second-order valence-electron chi connectivity index (χ2n) is 6.96. The van der Waals surface area contributed by atoms with Crippen molar-refractivity contribution in [2.45, 2.75) is 6.54 Å². The molecule has 29 heavy (non-hydrogen) atoms. The molecule has 2 aromatic carbocycles. The molecule has 0 atom stereocenters. The minimum atomic E-state index is -0.564. The second-order valence-corrected chi connectivity index (χ2v) is 6.96. The van der Waals surface area contributed by atoms with Gasteiger partial charge in [-0.1, -0.05) is 36.4 Å². The highest BCUT2D eigenvalue weighted by atomic mass is 16.5. The van der Waals surface area contributed by atoms with E-state index in [1.165, 1.54) is 6.08 Å². The highest BCUT2D eigenvalue weighted by Gasteiger charge is 2.15. The van der Waals surface area contributed by atoms with Gasteiger partial charge in [-0.3, -0.25) is 14.9 Å². The summed E-state index contributed by atoms with van der Waals surface area (Å²) >= 11 is 0. The van der Waals surface area contributed by atoms with Crippen molar-refractivity contribution < 1.29 is 14.7 Å². The number of carbonyl (C=O) groups is 1. The molecular weight excluding hydrogens is 368 g/mol. The van der Waals surface area contributed by atoms with Gasteiger partial charge >= 0.3 is 0 Å². The molecule has 2 heterocycles. The Bertz CT molecular complexity index is 1010. The molecular formula is C22H24N4O3. The summed E-state index contributed by atoms with van der Waals surface area (Å²) in [6, 6.07) is 16.1. The number of ether oxygens (including phenoxy) is 1. The minimum Gasteiger partial charge on any atom is -0.379 e. The summed E-state index contributed by atoms with van der Waals surface area (Å²) in [7, 11) is 0. The number of hydrogen-bond donors (Lipinski definition) is 2. The molecule has 0 saturated carbocycles. The van der Waals surface area contributed by atoms with Crippen LogP contribution < -0.4 is 5.48 Å². The van der Waals surface area contributed by atoms with Crippen LogP contribution in [0.3, 0.4) is 0 Å². The zero-order chi connectivity index (χ0) is 20.1. The summed E-state index contributed by atoms with van der Waals surface area (Å²) in [6.07, 6.45) is 2.94. The Morgan fingerprint density at radius 3 is 2.69 bits per heavy atom. The topological polar surface area (TPSA) is 79.6 Å². The van der Waals surface area contributed by atoms with Crippen LogP contribution in [0.5, 0.6) is 0 Å². The Kier molecular flexibility index (Phi) is 6.00. The number of carbonyl (C=O) groups excluding carboxylic acids is 1. The fourth-order valence-electron chi connectivity index (χ4n) is 3.56. The average Bonchev–Trinajstić information content (AvgIpc) is 3.15. The van der Waals surface area contributed by atoms with Crippen LogP contribution in [-0.4, -0.2) is 58.4 Å². The number of rotatable bonds is 6. The molecule has 0 spiro atoms. The first kappa shape index (κ1) is 19.3. The van der Waals surface area contributed by atoms with Crippen molar-refractivity contribution in [3.8, 4) is 11.4 Å². The number of amides is 1. The maximum absolute atomic E-state index is 11.2. The normalized spacial score (nSPS) is 15.2. The summed E-state index contributed by atoms with van der Waals surface area (Å²) in [4.78, 5) is 18.5. The van der Waals surface area contributed by atoms with Crippen molar-refractivity contribution in [3.63, 3.8) is 0 Å². The molecule has 7 heteroatoms. The van der Waals surface area contributed by atoms with Gasteiger partial charge in [0.1, 0.15) is 5.82 Å². The number of nitrogens with one attached hydrogen (secondary N) is 1. The number of hydroxylamine groups is 1. The van der Waals surface area contributed by atoms with Gasteiger partial charge < -0.3 is 9.30 Å². The quantitative estimate of drug-likeness (QED) is 0.383. The Hall–Kier alpha value is -3.00. The third kappa shape index (κ3) is 4.54. The van der Waals surface area contributed by atoms with Gasteiger partial charge in [0.25, 0.3) is 5.91 Å². The lowest BCUT2D eigenvalue weighted by Gasteiger charge is -2.27. The number of hydrogen-bond acceptors (Lipinski definition) is 5. The molecule has 2 N–H and O–H groups in total. The summed E-state index contributed by atoms with van der Waals surface area (Å²) in [5.74, 6) is 0.370. The average molecular weight is 392 g/mol. The Labute approximate surface area is 169 Å². The van der Waals surface area contributed by atoms with E-state index in [4.69, 9.17) is 14.9 Å². The molecule has 4 rings (SSSR count). The fourth-order valence-corrected chi connectivity index (χ4v) is 3.56. The van der Waals surface area contributed by atoms with Crippen molar-refractivity contribution in [3.05, 3.63) is 60.2 Å². The van der Waals surface area contributed by atoms with E-state index in [-0.39, 0.29) is 0 Å². The molecule has 1 aromatic heterocycles. The first-order valence-electron chi connectivity index (χ1n) is 9.72. The summed E-state index contributed by atoms with van der Waals surface area (Å²) in [5, 5.41) is 8.64. The number of morpholine rings is 1. The molecule has 3 aromatic rings. The molecule has 1 aliphatic heterocycles. The van der Waals surface area contributed by atoms with E-state index < -0.39 is 5.91 Å². The lowest BCUT2D eigenvalue weighted by molar-refractivity contribution is -0.124. The molecule has 150 valence electrons. The SMILES string of the molecule is O=C(C=Cc1ccc2c(c1)nc(-c1ccccc1)n2CCN1CCOCC1)NO. The van der Waals surface area contributed by atoms with E-state index >= 15 is 0 Å². The fraction of sp³-hybridized carbons (Fsp3) is 0.273. The van der Waals surface area contributed by atoms with Crippen molar-refractivity contribution in [2.75, 3.05) is 32.8 Å².